The third kappa shape index (κ3) is 3.90. The second-order valence-electron chi connectivity index (χ2n) is 5.58. The molecule has 2 aromatic carbocycles. The fourth-order valence-electron chi connectivity index (χ4n) is 2.12. The minimum absolute atomic E-state index is 0.00459. The maximum absolute atomic E-state index is 13.7. The van der Waals surface area contributed by atoms with Crippen molar-refractivity contribution in [2.75, 3.05) is 0 Å². The zero-order valence-corrected chi connectivity index (χ0v) is 13.4. The van der Waals surface area contributed by atoms with Gasteiger partial charge < -0.3 is 15.2 Å². The molecule has 2 rings (SSSR count). The first-order valence-corrected chi connectivity index (χ1v) is 7.32. The number of hydrogen-bond acceptors (Lipinski definition) is 3. The molecular formula is C18H18FNO4. The second kappa shape index (κ2) is 7.12. The van der Waals surface area contributed by atoms with Crippen molar-refractivity contribution in [3.05, 3.63) is 71.0 Å². The van der Waals surface area contributed by atoms with Gasteiger partial charge in [-0.3, -0.25) is 0 Å². The molecule has 0 aliphatic heterocycles. The van der Waals surface area contributed by atoms with Gasteiger partial charge in [0.25, 0.3) is 0 Å². The number of carbonyl (C=O) groups excluding carboxylic acids is 1. The zero-order chi connectivity index (χ0) is 17.7. The van der Waals surface area contributed by atoms with Crippen LogP contribution < -0.4 is 5.32 Å². The standard InChI is InChI=1S/C18H18FNO4/c1-12-8-9-14(10-15(12)19)18(2,16(21)22)20-17(23)24-11-13-6-4-3-5-7-13/h3-10H,11H2,1-2H3,(H,20,23)(H,21,22). The molecule has 24 heavy (non-hydrogen) atoms. The van der Waals surface area contributed by atoms with E-state index in [0.29, 0.717) is 5.56 Å². The summed E-state index contributed by atoms with van der Waals surface area (Å²) in [5.41, 5.74) is -0.526. The Morgan fingerprint density at radius 1 is 1.21 bits per heavy atom. The number of hydrogen-bond donors (Lipinski definition) is 2. The first kappa shape index (κ1) is 17.5. The van der Waals surface area contributed by atoms with Crippen LogP contribution in [0.5, 0.6) is 0 Å². The lowest BCUT2D eigenvalue weighted by molar-refractivity contribution is -0.144. The molecule has 0 heterocycles. The Morgan fingerprint density at radius 2 is 1.88 bits per heavy atom. The van der Waals surface area contributed by atoms with E-state index in [2.05, 4.69) is 5.32 Å². The van der Waals surface area contributed by atoms with Crippen molar-refractivity contribution in [3.8, 4) is 0 Å². The van der Waals surface area contributed by atoms with E-state index in [1.54, 1.807) is 31.2 Å². The summed E-state index contributed by atoms with van der Waals surface area (Å²) in [7, 11) is 0. The number of amides is 1. The molecule has 0 saturated heterocycles. The summed E-state index contributed by atoms with van der Waals surface area (Å²) < 4.78 is 18.8. The van der Waals surface area contributed by atoms with Crippen molar-refractivity contribution in [3.63, 3.8) is 0 Å². The van der Waals surface area contributed by atoms with E-state index in [0.717, 1.165) is 11.6 Å². The molecule has 0 aliphatic rings. The Kier molecular flexibility index (Phi) is 5.18. The normalized spacial score (nSPS) is 13.0. The molecule has 2 aromatic rings. The molecule has 0 bridgehead atoms. The molecule has 1 amide bonds. The fraction of sp³-hybridized carbons (Fsp3) is 0.222. The largest absolute Gasteiger partial charge is 0.479 e. The minimum Gasteiger partial charge on any atom is -0.479 e. The van der Waals surface area contributed by atoms with E-state index >= 15 is 0 Å². The highest BCUT2D eigenvalue weighted by molar-refractivity contribution is 5.85. The van der Waals surface area contributed by atoms with Gasteiger partial charge >= 0.3 is 12.1 Å². The molecule has 0 saturated carbocycles. The monoisotopic (exact) mass is 331 g/mol. The highest BCUT2D eigenvalue weighted by atomic mass is 19.1. The number of ether oxygens (including phenoxy) is 1. The van der Waals surface area contributed by atoms with Crippen molar-refractivity contribution in [2.45, 2.75) is 26.0 Å². The molecule has 6 heteroatoms. The number of alkyl carbamates (subject to hydrolysis) is 1. The van der Waals surface area contributed by atoms with Crippen molar-refractivity contribution < 1.29 is 23.8 Å². The van der Waals surface area contributed by atoms with Gasteiger partial charge in [-0.15, -0.1) is 0 Å². The van der Waals surface area contributed by atoms with Crippen LogP contribution in [0.2, 0.25) is 0 Å². The van der Waals surface area contributed by atoms with E-state index < -0.39 is 23.4 Å². The van der Waals surface area contributed by atoms with Gasteiger partial charge in [0.2, 0.25) is 0 Å². The fourth-order valence-corrected chi connectivity index (χ4v) is 2.12. The van der Waals surface area contributed by atoms with Gasteiger partial charge in [0.15, 0.2) is 5.54 Å². The number of nitrogens with one attached hydrogen (secondary N) is 1. The third-order valence-electron chi connectivity index (χ3n) is 3.74. The van der Waals surface area contributed by atoms with Crippen LogP contribution in [-0.2, 0) is 21.7 Å². The van der Waals surface area contributed by atoms with Gasteiger partial charge in [-0.1, -0.05) is 42.5 Å². The smallest absolute Gasteiger partial charge is 0.408 e. The Bertz CT molecular complexity index is 748. The van der Waals surface area contributed by atoms with Gasteiger partial charge in [-0.2, -0.15) is 0 Å². The summed E-state index contributed by atoms with van der Waals surface area (Å²) in [6.07, 6.45) is -0.898. The summed E-state index contributed by atoms with van der Waals surface area (Å²) in [4.78, 5) is 23.6. The van der Waals surface area contributed by atoms with Gasteiger partial charge in [0, 0.05) is 0 Å². The van der Waals surface area contributed by atoms with Crippen LogP contribution in [0.15, 0.2) is 48.5 Å². The predicted molar refractivity (Wildman–Crippen MR) is 85.9 cm³/mol. The number of rotatable bonds is 5. The first-order chi connectivity index (χ1) is 11.3. The molecule has 2 N–H and O–H groups in total. The van der Waals surface area contributed by atoms with Crippen molar-refractivity contribution in [1.29, 1.82) is 0 Å². The van der Waals surface area contributed by atoms with Gasteiger partial charge in [-0.05, 0) is 36.6 Å². The number of aryl methyl sites for hydroxylation is 1. The lowest BCUT2D eigenvalue weighted by atomic mass is 9.91. The Morgan fingerprint density at radius 3 is 2.46 bits per heavy atom. The van der Waals surface area contributed by atoms with Crippen LogP contribution in [0, 0.1) is 12.7 Å². The van der Waals surface area contributed by atoms with Crippen molar-refractivity contribution in [1.82, 2.24) is 5.32 Å². The number of carboxylic acids is 1. The summed E-state index contributed by atoms with van der Waals surface area (Å²) in [5, 5.41) is 11.8. The molecule has 126 valence electrons. The van der Waals surface area contributed by atoms with Gasteiger partial charge in [0.05, 0.1) is 0 Å². The summed E-state index contributed by atoms with van der Waals surface area (Å²) in [6.45, 7) is 2.85. The SMILES string of the molecule is Cc1ccc(C(C)(NC(=O)OCc2ccccc2)C(=O)O)cc1F. The topological polar surface area (TPSA) is 75.6 Å². The molecule has 0 fully saturated rings. The average Bonchev–Trinajstić information content (AvgIpc) is 2.56. The van der Waals surface area contributed by atoms with Crippen LogP contribution in [-0.4, -0.2) is 17.2 Å². The minimum atomic E-state index is -1.80. The number of aliphatic carboxylic acids is 1. The van der Waals surface area contributed by atoms with Crippen LogP contribution in [0.25, 0.3) is 0 Å². The Hall–Kier alpha value is -2.89. The van der Waals surface area contributed by atoms with E-state index in [1.807, 2.05) is 6.07 Å². The lowest BCUT2D eigenvalue weighted by Gasteiger charge is -2.26. The summed E-state index contributed by atoms with van der Waals surface area (Å²) in [6, 6.07) is 13.0. The molecule has 0 aliphatic carbocycles. The third-order valence-corrected chi connectivity index (χ3v) is 3.74. The highest BCUT2D eigenvalue weighted by Crippen LogP contribution is 2.23. The maximum Gasteiger partial charge on any atom is 0.408 e. The molecule has 1 unspecified atom stereocenters. The number of carboxylic acid groups (broad SMARTS) is 1. The van der Waals surface area contributed by atoms with Crippen molar-refractivity contribution >= 4 is 12.1 Å². The molecular weight excluding hydrogens is 313 g/mol. The van der Waals surface area contributed by atoms with Crippen LogP contribution in [0.1, 0.15) is 23.6 Å². The van der Waals surface area contributed by atoms with E-state index in [9.17, 15) is 19.1 Å². The Balaban J connectivity index is 2.13. The van der Waals surface area contributed by atoms with Gasteiger partial charge in [-0.25, -0.2) is 14.0 Å². The predicted octanol–water partition coefficient (Wildman–Crippen LogP) is 3.36. The second-order valence-corrected chi connectivity index (χ2v) is 5.58. The number of carbonyl (C=O) groups is 2. The highest BCUT2D eigenvalue weighted by Gasteiger charge is 2.38. The average molecular weight is 331 g/mol. The zero-order valence-electron chi connectivity index (χ0n) is 13.4. The molecule has 1 atom stereocenters. The Labute approximate surface area is 139 Å². The van der Waals surface area contributed by atoms with E-state index in [1.165, 1.54) is 19.1 Å². The lowest BCUT2D eigenvalue weighted by Crippen LogP contribution is -2.49. The quantitative estimate of drug-likeness (QED) is 0.881. The summed E-state index contributed by atoms with van der Waals surface area (Å²) in [5.74, 6) is -1.86. The summed E-state index contributed by atoms with van der Waals surface area (Å²) >= 11 is 0. The molecule has 0 spiro atoms. The molecule has 5 nitrogen and oxygen atoms in total. The van der Waals surface area contributed by atoms with Crippen LogP contribution in [0.3, 0.4) is 0 Å². The van der Waals surface area contributed by atoms with Crippen LogP contribution in [0.4, 0.5) is 9.18 Å². The van der Waals surface area contributed by atoms with Gasteiger partial charge in [0.1, 0.15) is 12.4 Å². The maximum atomic E-state index is 13.7. The van der Waals surface area contributed by atoms with Crippen LogP contribution >= 0.6 is 0 Å². The molecule has 0 radical (unpaired) electrons. The number of benzene rings is 2. The molecule has 0 aromatic heterocycles. The first-order valence-electron chi connectivity index (χ1n) is 7.32. The van der Waals surface area contributed by atoms with E-state index in [4.69, 9.17) is 4.74 Å². The number of halogens is 1. The van der Waals surface area contributed by atoms with Crippen molar-refractivity contribution in [2.24, 2.45) is 0 Å². The van der Waals surface area contributed by atoms with E-state index in [-0.39, 0.29) is 12.2 Å².